The van der Waals surface area contributed by atoms with Gasteiger partial charge in [0.15, 0.2) is 0 Å². The van der Waals surface area contributed by atoms with Gasteiger partial charge in [-0.1, -0.05) is 83.2 Å². The first-order chi connectivity index (χ1) is 13.7. The monoisotopic (exact) mass is 646 g/mol. The third kappa shape index (κ3) is 13.1. The Morgan fingerprint density at radius 1 is 0.500 bits per heavy atom. The lowest BCUT2D eigenvalue weighted by molar-refractivity contribution is 0.293. The molecule has 0 aliphatic heterocycles. The fourth-order valence-electron chi connectivity index (χ4n) is 2.90. The normalized spacial score (nSPS) is 11.0. The van der Waals surface area contributed by atoms with Gasteiger partial charge in [-0.15, -0.1) is 0 Å². The number of hydrogen-bond acceptors (Lipinski definition) is 2. The highest BCUT2D eigenvalue weighted by Crippen LogP contribution is 2.36. The maximum atomic E-state index is 5.95. The van der Waals surface area contributed by atoms with Crippen LogP contribution in [-0.2, 0) is 0 Å². The zero-order valence-electron chi connectivity index (χ0n) is 16.8. The van der Waals surface area contributed by atoms with Crippen LogP contribution in [0.5, 0.6) is 11.5 Å². The van der Waals surface area contributed by atoms with Crippen molar-refractivity contribution >= 4 is 63.7 Å². The summed E-state index contributed by atoms with van der Waals surface area (Å²) in [6, 6.07) is 4.02. The summed E-state index contributed by atoms with van der Waals surface area (Å²) in [5.41, 5.74) is 0. The average Bonchev–Trinajstić information content (AvgIpc) is 2.69. The van der Waals surface area contributed by atoms with Crippen molar-refractivity contribution in [2.75, 3.05) is 23.9 Å². The fourth-order valence-corrected chi connectivity index (χ4v) is 4.57. The van der Waals surface area contributed by atoms with E-state index in [-0.39, 0.29) is 0 Å². The van der Waals surface area contributed by atoms with E-state index in [1.807, 2.05) is 12.1 Å². The van der Waals surface area contributed by atoms with Crippen molar-refractivity contribution in [3.8, 4) is 11.5 Å². The minimum Gasteiger partial charge on any atom is -0.492 e. The molecule has 0 radical (unpaired) electrons. The van der Waals surface area contributed by atoms with Crippen LogP contribution in [0.25, 0.3) is 0 Å². The van der Waals surface area contributed by atoms with Gasteiger partial charge in [0.25, 0.3) is 0 Å². The second-order valence-corrected chi connectivity index (χ2v) is 10.3. The molecule has 6 heteroatoms. The van der Waals surface area contributed by atoms with Crippen LogP contribution in [0.1, 0.15) is 77.0 Å². The molecule has 0 fully saturated rings. The molecular formula is C22H34Br4O2. The van der Waals surface area contributed by atoms with Gasteiger partial charge in [0, 0.05) is 10.7 Å². The zero-order valence-corrected chi connectivity index (χ0v) is 23.1. The lowest BCUT2D eigenvalue weighted by Crippen LogP contribution is -2.01. The molecule has 0 aliphatic carbocycles. The molecule has 0 amide bonds. The molecule has 0 spiro atoms. The van der Waals surface area contributed by atoms with Gasteiger partial charge in [-0.25, -0.2) is 0 Å². The highest BCUT2D eigenvalue weighted by molar-refractivity contribution is 9.11. The average molecular weight is 650 g/mol. The Labute approximate surface area is 205 Å². The summed E-state index contributed by atoms with van der Waals surface area (Å²) >= 11 is 14.2. The van der Waals surface area contributed by atoms with Crippen molar-refractivity contribution in [1.82, 2.24) is 0 Å². The van der Waals surface area contributed by atoms with Gasteiger partial charge in [-0.05, 0) is 69.7 Å². The first kappa shape index (κ1) is 26.8. The summed E-state index contributed by atoms with van der Waals surface area (Å²) in [6.07, 6.45) is 15.1. The van der Waals surface area contributed by atoms with Crippen molar-refractivity contribution in [3.63, 3.8) is 0 Å². The Hall–Kier alpha value is 0.740. The number of unbranched alkanes of at least 4 members (excludes halogenated alkanes) is 10. The van der Waals surface area contributed by atoms with Crippen LogP contribution in [0.4, 0.5) is 0 Å². The van der Waals surface area contributed by atoms with E-state index < -0.39 is 0 Å². The molecule has 0 heterocycles. The lowest BCUT2D eigenvalue weighted by atomic mass is 10.1. The number of benzene rings is 1. The first-order valence-corrected chi connectivity index (χ1v) is 14.4. The number of alkyl halides is 2. The maximum absolute atomic E-state index is 5.95. The van der Waals surface area contributed by atoms with Gasteiger partial charge in [-0.2, -0.15) is 0 Å². The summed E-state index contributed by atoms with van der Waals surface area (Å²) in [5, 5.41) is 2.24. The highest BCUT2D eigenvalue weighted by Gasteiger charge is 2.09. The molecule has 0 N–H and O–H groups in total. The highest BCUT2D eigenvalue weighted by atomic mass is 79.9. The number of halogens is 4. The van der Waals surface area contributed by atoms with E-state index in [1.54, 1.807) is 0 Å². The summed E-state index contributed by atoms with van der Waals surface area (Å²) in [4.78, 5) is 0. The van der Waals surface area contributed by atoms with Crippen LogP contribution in [0.15, 0.2) is 21.1 Å². The summed E-state index contributed by atoms with van der Waals surface area (Å²) in [5.74, 6) is 1.76. The first-order valence-electron chi connectivity index (χ1n) is 10.6. The number of hydrogen-bond donors (Lipinski definition) is 0. The Bertz CT molecular complexity index is 466. The van der Waals surface area contributed by atoms with Crippen molar-refractivity contribution in [1.29, 1.82) is 0 Å². The van der Waals surface area contributed by atoms with Crippen LogP contribution < -0.4 is 9.47 Å². The number of rotatable bonds is 18. The number of ether oxygens (including phenoxy) is 2. The van der Waals surface area contributed by atoms with Crippen LogP contribution in [0.3, 0.4) is 0 Å². The predicted octanol–water partition coefficient (Wildman–Crippen LogP) is 9.44. The second-order valence-electron chi connectivity index (χ2n) is 7.03. The third-order valence-corrected chi connectivity index (χ3v) is 6.92. The predicted molar refractivity (Wildman–Crippen MR) is 136 cm³/mol. The molecule has 28 heavy (non-hydrogen) atoms. The van der Waals surface area contributed by atoms with Crippen LogP contribution in [0.2, 0.25) is 0 Å². The maximum Gasteiger partial charge on any atom is 0.134 e. The fraction of sp³-hybridized carbons (Fsp3) is 0.727. The van der Waals surface area contributed by atoms with Crippen molar-refractivity contribution in [2.45, 2.75) is 77.0 Å². The van der Waals surface area contributed by atoms with E-state index in [4.69, 9.17) is 9.47 Å². The van der Waals surface area contributed by atoms with E-state index in [1.165, 1.54) is 64.2 Å². The van der Waals surface area contributed by atoms with Crippen molar-refractivity contribution in [3.05, 3.63) is 21.1 Å². The SMILES string of the molecule is BrCCCCCCCCOc1cc(Br)c(OCCCCCCCCBr)cc1Br. The van der Waals surface area contributed by atoms with Crippen molar-refractivity contribution in [2.24, 2.45) is 0 Å². The minimum atomic E-state index is 0.763. The van der Waals surface area contributed by atoms with Crippen LogP contribution in [0, 0.1) is 0 Å². The standard InChI is InChI=1S/C22H34Br4O2/c23-13-9-5-1-3-7-11-15-27-21-17-20(26)22(18-19(21)25)28-16-12-8-4-2-6-10-14-24/h17-18H,1-16H2. The van der Waals surface area contributed by atoms with E-state index in [0.29, 0.717) is 0 Å². The minimum absolute atomic E-state index is 0.763. The molecule has 0 aliphatic rings. The Morgan fingerprint density at radius 3 is 1.18 bits per heavy atom. The van der Waals surface area contributed by atoms with Gasteiger partial charge in [0.2, 0.25) is 0 Å². The molecule has 2 nitrogen and oxygen atoms in total. The summed E-state index contributed by atoms with van der Waals surface area (Å²) in [6.45, 7) is 1.53. The van der Waals surface area contributed by atoms with Crippen LogP contribution in [-0.4, -0.2) is 23.9 Å². The van der Waals surface area contributed by atoms with E-state index in [2.05, 4.69) is 63.7 Å². The lowest BCUT2D eigenvalue weighted by Gasteiger charge is -2.13. The molecule has 0 saturated carbocycles. The molecule has 0 aromatic heterocycles. The molecule has 0 saturated heterocycles. The van der Waals surface area contributed by atoms with Gasteiger partial charge < -0.3 is 9.47 Å². The third-order valence-electron chi connectivity index (χ3n) is 4.56. The van der Waals surface area contributed by atoms with E-state index in [9.17, 15) is 0 Å². The molecule has 162 valence electrons. The molecule has 1 aromatic carbocycles. The Balaban J connectivity index is 2.20. The largest absolute Gasteiger partial charge is 0.492 e. The molecular weight excluding hydrogens is 616 g/mol. The Kier molecular flexibility index (Phi) is 17.7. The zero-order chi connectivity index (χ0) is 20.5. The van der Waals surface area contributed by atoms with Gasteiger partial charge in [0.1, 0.15) is 11.5 Å². The molecule has 0 unspecified atom stereocenters. The topological polar surface area (TPSA) is 18.5 Å². The summed E-state index contributed by atoms with van der Waals surface area (Å²) in [7, 11) is 0. The molecule has 0 bridgehead atoms. The van der Waals surface area contributed by atoms with Gasteiger partial charge in [-0.3, -0.25) is 0 Å². The Morgan fingerprint density at radius 2 is 0.821 bits per heavy atom. The molecule has 0 atom stereocenters. The van der Waals surface area contributed by atoms with Crippen molar-refractivity contribution < 1.29 is 9.47 Å². The van der Waals surface area contributed by atoms with Gasteiger partial charge >= 0.3 is 0 Å². The molecule has 1 rings (SSSR count). The quantitative estimate of drug-likeness (QED) is 0.117. The second kappa shape index (κ2) is 18.5. The van der Waals surface area contributed by atoms with Gasteiger partial charge in [0.05, 0.1) is 22.2 Å². The van der Waals surface area contributed by atoms with E-state index >= 15 is 0 Å². The summed E-state index contributed by atoms with van der Waals surface area (Å²) < 4.78 is 13.8. The molecule has 1 aromatic rings. The van der Waals surface area contributed by atoms with E-state index in [0.717, 1.165) is 57.2 Å². The van der Waals surface area contributed by atoms with Crippen LogP contribution >= 0.6 is 63.7 Å². The smallest absolute Gasteiger partial charge is 0.134 e.